The number of unbranched alkanes of at least 4 members (excludes halogenated alkanes) is 2. The van der Waals surface area contributed by atoms with E-state index in [1.54, 1.807) is 26.0 Å². The van der Waals surface area contributed by atoms with Crippen molar-refractivity contribution in [3.8, 4) is 5.75 Å². The number of phenols is 1. The summed E-state index contributed by atoms with van der Waals surface area (Å²) in [5.41, 5.74) is 6.78. The van der Waals surface area contributed by atoms with Gasteiger partial charge in [-0.25, -0.2) is 4.79 Å². The lowest BCUT2D eigenvalue weighted by Gasteiger charge is -2.31. The smallest absolute Gasteiger partial charge is 0.329 e. The number of nitrogens with two attached hydrogens (primary N) is 1. The van der Waals surface area contributed by atoms with E-state index >= 15 is 0 Å². The van der Waals surface area contributed by atoms with Crippen molar-refractivity contribution in [2.24, 2.45) is 17.6 Å². The Labute approximate surface area is 369 Å². The molecule has 344 valence electrons. The van der Waals surface area contributed by atoms with Crippen LogP contribution in [0.5, 0.6) is 5.75 Å². The second-order valence-electron chi connectivity index (χ2n) is 17.4. The Balaban J connectivity index is 1.75. The molecule has 2 fully saturated rings. The largest absolute Gasteiger partial charge is 0.508 e. The number of rotatable bonds is 13. The number of cyclic esters (lactones) is 1. The summed E-state index contributed by atoms with van der Waals surface area (Å²) >= 11 is 0. The number of nitrogens with zero attached hydrogens (tertiary/aromatic N) is 1. The minimum absolute atomic E-state index is 0.0337. The van der Waals surface area contributed by atoms with Gasteiger partial charge in [-0.1, -0.05) is 89.4 Å². The number of benzene rings is 2. The average Bonchev–Trinajstić information content (AvgIpc) is 3.72. The molecular formula is C46H65N7O10. The molecule has 0 bridgehead atoms. The number of hydrogen-bond acceptors (Lipinski definition) is 10. The first kappa shape index (κ1) is 49.7. The number of nitrogens with one attached hydrogen (secondary N) is 5. The molecule has 0 saturated carbocycles. The zero-order chi connectivity index (χ0) is 46.2. The summed E-state index contributed by atoms with van der Waals surface area (Å²) < 4.78 is 6.05. The molecule has 2 aliphatic rings. The molecule has 3 unspecified atom stereocenters. The Morgan fingerprint density at radius 3 is 2.06 bits per heavy atom. The van der Waals surface area contributed by atoms with E-state index in [0.717, 1.165) is 24.8 Å². The van der Waals surface area contributed by atoms with E-state index in [-0.39, 0.29) is 38.0 Å². The van der Waals surface area contributed by atoms with Crippen LogP contribution in [0.15, 0.2) is 54.6 Å². The van der Waals surface area contributed by atoms with Crippen molar-refractivity contribution in [2.75, 3.05) is 6.54 Å². The van der Waals surface area contributed by atoms with Crippen LogP contribution in [0.1, 0.15) is 104 Å². The number of amides is 7. The van der Waals surface area contributed by atoms with Crippen LogP contribution in [-0.4, -0.2) is 106 Å². The number of fused-ring (bicyclic) bond motifs is 1. The molecular weight excluding hydrogens is 811 g/mol. The van der Waals surface area contributed by atoms with Crippen molar-refractivity contribution in [1.82, 2.24) is 31.5 Å². The number of esters is 1. The number of carbonyl (C=O) groups excluding carboxylic acids is 8. The minimum Gasteiger partial charge on any atom is -0.508 e. The van der Waals surface area contributed by atoms with Crippen LogP contribution in [-0.2, 0) is 55.9 Å². The zero-order valence-corrected chi connectivity index (χ0v) is 37.0. The van der Waals surface area contributed by atoms with Crippen molar-refractivity contribution in [2.45, 2.75) is 148 Å². The molecule has 2 aromatic carbocycles. The number of carbonyl (C=O) groups is 8. The number of aromatic hydroxyl groups is 1. The predicted molar refractivity (Wildman–Crippen MR) is 233 cm³/mol. The van der Waals surface area contributed by atoms with Crippen LogP contribution in [0, 0.1) is 11.8 Å². The standard InChI is InChI=1S/C46H65N7O10/c1-27(2)13-8-6-11-16-33-25-39(56)49-35(23-30-14-9-7-10-15-30)45(61)53-22-12-17-37(53)43(59)48-29(5)41(57)52-40(28(3)4)44(60)50-34(26-38(47)55)42(58)51-36(46(62)63-33)24-31-18-20-32(54)21-19-31/h7,9-10,14-15,18-21,27-29,33-37,40,54H,6,8,11-13,16-17,22-26H2,1-5H3,(H2,47,55)(H,48,59)(H,49,56)(H,50,60)(H,51,58)(H,52,57)/t29-,33?,34-,35?,36?,37-,40-/m0/s1. The van der Waals surface area contributed by atoms with Gasteiger partial charge < -0.3 is 47.1 Å². The summed E-state index contributed by atoms with van der Waals surface area (Å²) in [6, 6.07) is 7.51. The highest BCUT2D eigenvalue weighted by Crippen LogP contribution is 2.22. The predicted octanol–water partition coefficient (Wildman–Crippen LogP) is 2.07. The fourth-order valence-electron chi connectivity index (χ4n) is 7.76. The van der Waals surface area contributed by atoms with Crippen LogP contribution in [0.4, 0.5) is 0 Å². The molecule has 4 rings (SSSR count). The molecule has 2 aromatic rings. The molecule has 2 heterocycles. The van der Waals surface area contributed by atoms with Crippen molar-refractivity contribution in [3.63, 3.8) is 0 Å². The summed E-state index contributed by atoms with van der Waals surface area (Å²) in [4.78, 5) is 111. The molecule has 17 nitrogen and oxygen atoms in total. The first-order chi connectivity index (χ1) is 29.9. The van der Waals surface area contributed by atoms with Crippen LogP contribution < -0.4 is 32.3 Å². The Kier molecular flexibility index (Phi) is 18.9. The molecule has 8 N–H and O–H groups in total. The van der Waals surface area contributed by atoms with Crippen LogP contribution in [0.25, 0.3) is 0 Å². The lowest BCUT2D eigenvalue weighted by Crippen LogP contribution is -2.60. The van der Waals surface area contributed by atoms with E-state index in [2.05, 4.69) is 40.4 Å². The first-order valence-corrected chi connectivity index (χ1v) is 22.0. The Hall–Kier alpha value is -6.00. The van der Waals surface area contributed by atoms with Gasteiger partial charge in [0.1, 0.15) is 48.1 Å². The van der Waals surface area contributed by atoms with Crippen molar-refractivity contribution in [3.05, 3.63) is 65.7 Å². The third-order valence-electron chi connectivity index (χ3n) is 11.3. The topological polar surface area (TPSA) is 255 Å². The summed E-state index contributed by atoms with van der Waals surface area (Å²) in [7, 11) is 0. The highest BCUT2D eigenvalue weighted by Gasteiger charge is 2.40. The fourth-order valence-corrected chi connectivity index (χ4v) is 7.76. The van der Waals surface area contributed by atoms with E-state index in [9.17, 15) is 43.5 Å². The third kappa shape index (κ3) is 15.7. The van der Waals surface area contributed by atoms with E-state index in [4.69, 9.17) is 10.5 Å². The van der Waals surface area contributed by atoms with E-state index < -0.39 is 102 Å². The second kappa shape index (κ2) is 24.0. The van der Waals surface area contributed by atoms with Gasteiger partial charge in [0.25, 0.3) is 0 Å². The van der Waals surface area contributed by atoms with Gasteiger partial charge in [-0.15, -0.1) is 0 Å². The Morgan fingerprint density at radius 1 is 0.762 bits per heavy atom. The molecule has 0 aromatic heterocycles. The second-order valence-corrected chi connectivity index (χ2v) is 17.4. The van der Waals surface area contributed by atoms with Crippen molar-refractivity contribution < 1.29 is 48.2 Å². The molecule has 0 spiro atoms. The molecule has 0 aliphatic carbocycles. The summed E-state index contributed by atoms with van der Waals surface area (Å²) in [6.07, 6.45) is 2.33. The highest BCUT2D eigenvalue weighted by atomic mass is 16.5. The molecule has 7 amide bonds. The average molecular weight is 876 g/mol. The SMILES string of the molecule is CC(C)CCCCCC1CC(=O)NC(Cc2ccccc2)C(=O)N2CCC[C@H]2C(=O)N[C@@H](C)C(=O)N[C@@H](C(C)C)C(=O)N[C@@H](CC(N)=O)C(=O)NC(Cc2ccc(O)cc2)C(=O)O1. The Morgan fingerprint density at radius 2 is 1.41 bits per heavy atom. The van der Waals surface area contributed by atoms with Gasteiger partial charge in [0.05, 0.1) is 12.8 Å². The maximum Gasteiger partial charge on any atom is 0.329 e. The Bertz CT molecular complexity index is 1910. The first-order valence-electron chi connectivity index (χ1n) is 22.0. The molecule has 2 saturated heterocycles. The van der Waals surface area contributed by atoms with Gasteiger partial charge in [0, 0.05) is 19.4 Å². The quantitative estimate of drug-likeness (QED) is 0.114. The van der Waals surface area contributed by atoms with E-state index in [1.807, 2.05) is 30.3 Å². The lowest BCUT2D eigenvalue weighted by atomic mass is 10.0. The number of ether oxygens (including phenoxy) is 1. The lowest BCUT2D eigenvalue weighted by molar-refractivity contribution is -0.155. The van der Waals surface area contributed by atoms with E-state index in [0.29, 0.717) is 30.7 Å². The van der Waals surface area contributed by atoms with Crippen LogP contribution >= 0.6 is 0 Å². The summed E-state index contributed by atoms with van der Waals surface area (Å²) in [6.45, 7) is 9.20. The number of primary amides is 1. The zero-order valence-electron chi connectivity index (χ0n) is 37.0. The van der Waals surface area contributed by atoms with Crippen LogP contribution in [0.2, 0.25) is 0 Å². The van der Waals surface area contributed by atoms with E-state index in [1.165, 1.54) is 24.0 Å². The van der Waals surface area contributed by atoms with Crippen molar-refractivity contribution in [1.29, 1.82) is 0 Å². The minimum atomic E-state index is -1.59. The molecule has 17 heteroatoms. The van der Waals surface area contributed by atoms with Gasteiger partial charge in [-0.3, -0.25) is 33.6 Å². The molecule has 2 aliphatic heterocycles. The number of hydrogen-bond donors (Lipinski definition) is 7. The fraction of sp³-hybridized carbons (Fsp3) is 0.565. The number of phenolic OH excluding ortho intramolecular Hbond substituents is 1. The summed E-state index contributed by atoms with van der Waals surface area (Å²) in [5.74, 6) is -6.13. The maximum absolute atomic E-state index is 14.4. The third-order valence-corrected chi connectivity index (χ3v) is 11.3. The molecule has 0 radical (unpaired) electrons. The maximum atomic E-state index is 14.4. The summed E-state index contributed by atoms with van der Waals surface area (Å²) in [5, 5.41) is 23.2. The van der Waals surface area contributed by atoms with Gasteiger partial charge >= 0.3 is 5.97 Å². The molecule has 7 atom stereocenters. The van der Waals surface area contributed by atoms with Gasteiger partial charge in [0.2, 0.25) is 41.4 Å². The normalized spacial score (nSPS) is 24.8. The molecule has 63 heavy (non-hydrogen) atoms. The van der Waals surface area contributed by atoms with Crippen molar-refractivity contribution >= 4 is 47.3 Å². The van der Waals surface area contributed by atoms with Gasteiger partial charge in [-0.2, -0.15) is 0 Å². The monoisotopic (exact) mass is 875 g/mol. The van der Waals surface area contributed by atoms with Gasteiger partial charge in [-0.05, 0) is 67.7 Å². The highest BCUT2D eigenvalue weighted by molar-refractivity contribution is 5.98. The van der Waals surface area contributed by atoms with Crippen LogP contribution in [0.3, 0.4) is 0 Å². The van der Waals surface area contributed by atoms with Gasteiger partial charge in [0.15, 0.2) is 0 Å².